The molecule has 1 atom stereocenters. The lowest BCUT2D eigenvalue weighted by atomic mass is 10.1. The lowest BCUT2D eigenvalue weighted by Gasteiger charge is -2.27. The number of hydrogen-bond donors (Lipinski definition) is 3. The highest BCUT2D eigenvalue weighted by atomic mass is 35.6. The number of rotatable bonds is 11. The maximum Gasteiger partial charge on any atom is 0.228 e. The van der Waals surface area contributed by atoms with Crippen LogP contribution in [0.2, 0.25) is 0 Å². The average molecular weight is 471 g/mol. The van der Waals surface area contributed by atoms with E-state index in [4.69, 9.17) is 47.0 Å². The maximum absolute atomic E-state index is 13.0. The third-order valence-corrected chi connectivity index (χ3v) is 4.89. The van der Waals surface area contributed by atoms with Gasteiger partial charge in [0.25, 0.3) is 0 Å². The molecule has 4 nitrogen and oxygen atoms in total. The topological polar surface area (TPSA) is 53.2 Å². The molecule has 0 aliphatic rings. The van der Waals surface area contributed by atoms with Crippen LogP contribution in [0, 0.1) is 5.82 Å². The van der Waals surface area contributed by atoms with Crippen LogP contribution in [-0.2, 0) is 4.79 Å². The van der Waals surface area contributed by atoms with Gasteiger partial charge >= 0.3 is 0 Å². The summed E-state index contributed by atoms with van der Waals surface area (Å²) in [5, 5.41) is 8.42. The lowest BCUT2D eigenvalue weighted by molar-refractivity contribution is -0.122. The number of unbranched alkanes of at least 4 members (excludes halogenated alkanes) is 6. The summed E-state index contributed by atoms with van der Waals surface area (Å²) in [6, 6.07) is 5.63. The summed E-state index contributed by atoms with van der Waals surface area (Å²) in [6.45, 7) is 2.18. The van der Waals surface area contributed by atoms with Gasteiger partial charge in [-0.2, -0.15) is 0 Å². The number of alkyl halides is 3. The number of thiocarbonyl (C=S) groups is 1. The molecule has 1 aromatic rings. The predicted octanol–water partition coefficient (Wildman–Crippen LogP) is 6.07. The molecule has 1 aromatic carbocycles. The highest BCUT2D eigenvalue weighted by molar-refractivity contribution is 7.80. The van der Waals surface area contributed by atoms with Gasteiger partial charge in [0.15, 0.2) is 5.11 Å². The van der Waals surface area contributed by atoms with Crippen LogP contribution in [0.3, 0.4) is 0 Å². The van der Waals surface area contributed by atoms with Crippen molar-refractivity contribution in [2.24, 2.45) is 0 Å². The molecule has 0 saturated heterocycles. The highest BCUT2D eigenvalue weighted by Gasteiger charge is 2.34. The standard InChI is InChI=1S/C19H27Cl3FN3OS/c1-2-3-4-5-6-7-8-9-16(27)25-17(19(20,21)22)26-18(28)24-15-12-10-14(23)11-13-15/h10-13,17H,2-9H2,1H3,(H,25,27)(H2,24,26,28)/t17-/m0/s1. The van der Waals surface area contributed by atoms with E-state index in [-0.39, 0.29) is 16.8 Å². The minimum atomic E-state index is -1.80. The van der Waals surface area contributed by atoms with Crippen molar-refractivity contribution in [1.29, 1.82) is 0 Å². The SMILES string of the molecule is CCCCCCCCCC(=O)N[C@@H](NC(=S)Nc1ccc(F)cc1)C(Cl)(Cl)Cl. The summed E-state index contributed by atoms with van der Waals surface area (Å²) in [5.74, 6) is -0.580. The Kier molecular flexibility index (Phi) is 12.1. The first-order valence-corrected chi connectivity index (χ1v) is 11.0. The maximum atomic E-state index is 13.0. The van der Waals surface area contributed by atoms with Crippen LogP contribution in [0.5, 0.6) is 0 Å². The van der Waals surface area contributed by atoms with E-state index in [1.807, 2.05) is 0 Å². The van der Waals surface area contributed by atoms with Crippen LogP contribution in [0.25, 0.3) is 0 Å². The summed E-state index contributed by atoms with van der Waals surface area (Å²) in [6.07, 6.45) is 7.13. The molecule has 0 fully saturated rings. The second-order valence-electron chi connectivity index (χ2n) is 6.52. The molecule has 0 bridgehead atoms. The summed E-state index contributed by atoms with van der Waals surface area (Å²) >= 11 is 23.1. The zero-order valence-corrected chi connectivity index (χ0v) is 19.0. The van der Waals surface area contributed by atoms with Crippen LogP contribution in [0.4, 0.5) is 10.1 Å². The van der Waals surface area contributed by atoms with E-state index in [1.165, 1.54) is 49.9 Å². The minimum Gasteiger partial charge on any atom is -0.339 e. The Bertz CT molecular complexity index is 611. The largest absolute Gasteiger partial charge is 0.339 e. The number of nitrogens with one attached hydrogen (secondary N) is 3. The molecule has 0 aromatic heterocycles. The fraction of sp³-hybridized carbons (Fsp3) is 0.579. The molecule has 0 aliphatic carbocycles. The van der Waals surface area contributed by atoms with Gasteiger partial charge in [-0.1, -0.05) is 80.3 Å². The quantitative estimate of drug-likeness (QED) is 0.159. The summed E-state index contributed by atoms with van der Waals surface area (Å²) in [7, 11) is 0. The Hall–Kier alpha value is -0.820. The van der Waals surface area contributed by atoms with Crippen molar-refractivity contribution in [1.82, 2.24) is 10.6 Å². The summed E-state index contributed by atoms with van der Waals surface area (Å²) in [5.41, 5.74) is 0.566. The molecule has 1 amide bonds. The van der Waals surface area contributed by atoms with Gasteiger partial charge in [0.05, 0.1) is 0 Å². The molecule has 0 aliphatic heterocycles. The molecule has 0 spiro atoms. The Morgan fingerprint density at radius 3 is 2.18 bits per heavy atom. The van der Waals surface area contributed by atoms with Crippen LogP contribution < -0.4 is 16.0 Å². The third kappa shape index (κ3) is 11.2. The van der Waals surface area contributed by atoms with Gasteiger partial charge < -0.3 is 16.0 Å². The summed E-state index contributed by atoms with van der Waals surface area (Å²) in [4.78, 5) is 12.2. The van der Waals surface area contributed by atoms with Gasteiger partial charge in [0.1, 0.15) is 12.0 Å². The zero-order chi connectivity index (χ0) is 21.0. The van der Waals surface area contributed by atoms with E-state index in [0.29, 0.717) is 12.1 Å². The Morgan fingerprint density at radius 1 is 1.04 bits per heavy atom. The number of benzene rings is 1. The number of amides is 1. The van der Waals surface area contributed by atoms with E-state index in [0.717, 1.165) is 19.3 Å². The Balaban J connectivity index is 2.42. The molecule has 158 valence electrons. The Labute approximate surface area is 186 Å². The first-order chi connectivity index (χ1) is 13.2. The van der Waals surface area contributed by atoms with E-state index in [1.54, 1.807) is 0 Å². The van der Waals surface area contributed by atoms with E-state index in [2.05, 4.69) is 22.9 Å². The molecular formula is C19H27Cl3FN3OS. The van der Waals surface area contributed by atoms with E-state index < -0.39 is 9.96 Å². The van der Waals surface area contributed by atoms with E-state index >= 15 is 0 Å². The van der Waals surface area contributed by atoms with Crippen molar-refractivity contribution >= 4 is 63.7 Å². The van der Waals surface area contributed by atoms with Gasteiger partial charge in [-0.15, -0.1) is 0 Å². The first-order valence-electron chi connectivity index (χ1n) is 9.41. The monoisotopic (exact) mass is 469 g/mol. The minimum absolute atomic E-state index is 0.138. The van der Waals surface area contributed by atoms with Gasteiger partial charge in [-0.3, -0.25) is 4.79 Å². The molecule has 28 heavy (non-hydrogen) atoms. The Morgan fingerprint density at radius 2 is 1.61 bits per heavy atom. The predicted molar refractivity (Wildman–Crippen MR) is 121 cm³/mol. The molecule has 0 heterocycles. The molecule has 3 N–H and O–H groups in total. The lowest BCUT2D eigenvalue weighted by Crippen LogP contribution is -2.56. The fourth-order valence-electron chi connectivity index (χ4n) is 2.51. The fourth-order valence-corrected chi connectivity index (χ4v) is 3.07. The van der Waals surface area contributed by atoms with Crippen LogP contribution in [-0.4, -0.2) is 21.0 Å². The van der Waals surface area contributed by atoms with Crippen molar-refractivity contribution in [2.45, 2.75) is 68.2 Å². The van der Waals surface area contributed by atoms with Crippen molar-refractivity contribution < 1.29 is 9.18 Å². The van der Waals surface area contributed by atoms with E-state index in [9.17, 15) is 9.18 Å². The number of carbonyl (C=O) groups excluding carboxylic acids is 1. The smallest absolute Gasteiger partial charge is 0.228 e. The highest BCUT2D eigenvalue weighted by Crippen LogP contribution is 2.29. The van der Waals surface area contributed by atoms with Gasteiger partial charge in [-0.25, -0.2) is 4.39 Å². The third-order valence-electron chi connectivity index (χ3n) is 4.02. The molecule has 9 heteroatoms. The molecule has 0 saturated carbocycles. The second-order valence-corrected chi connectivity index (χ2v) is 9.30. The van der Waals surface area contributed by atoms with Gasteiger partial charge in [-0.05, 0) is 42.9 Å². The molecule has 0 radical (unpaired) electrons. The number of anilines is 1. The van der Waals surface area contributed by atoms with Gasteiger partial charge in [0.2, 0.25) is 9.70 Å². The number of halogens is 4. The van der Waals surface area contributed by atoms with Gasteiger partial charge in [0, 0.05) is 12.1 Å². The van der Waals surface area contributed by atoms with Crippen LogP contribution >= 0.6 is 47.0 Å². The molecule has 0 unspecified atom stereocenters. The van der Waals surface area contributed by atoms with Crippen LogP contribution in [0.1, 0.15) is 58.3 Å². The first kappa shape index (κ1) is 25.2. The van der Waals surface area contributed by atoms with Crippen LogP contribution in [0.15, 0.2) is 24.3 Å². The molecule has 1 rings (SSSR count). The van der Waals surface area contributed by atoms with Crippen molar-refractivity contribution in [3.05, 3.63) is 30.1 Å². The number of hydrogen-bond acceptors (Lipinski definition) is 2. The second kappa shape index (κ2) is 13.4. The van der Waals surface area contributed by atoms with Crippen molar-refractivity contribution in [2.75, 3.05) is 5.32 Å². The summed E-state index contributed by atoms with van der Waals surface area (Å²) < 4.78 is 11.2. The normalized spacial score (nSPS) is 12.3. The van der Waals surface area contributed by atoms with Crippen molar-refractivity contribution in [3.63, 3.8) is 0 Å². The zero-order valence-electron chi connectivity index (χ0n) is 15.9. The average Bonchev–Trinajstić information content (AvgIpc) is 2.61. The number of carbonyl (C=O) groups is 1. The molecular weight excluding hydrogens is 444 g/mol. The van der Waals surface area contributed by atoms with Crippen molar-refractivity contribution in [3.8, 4) is 0 Å².